The van der Waals surface area contributed by atoms with Gasteiger partial charge in [-0.05, 0) is 42.7 Å². The predicted molar refractivity (Wildman–Crippen MR) is 87.9 cm³/mol. The van der Waals surface area contributed by atoms with Gasteiger partial charge in [-0.15, -0.1) is 0 Å². The van der Waals surface area contributed by atoms with Gasteiger partial charge in [-0.3, -0.25) is 10.00 Å². The molecule has 0 radical (unpaired) electrons. The van der Waals surface area contributed by atoms with Crippen LogP contribution in [0.1, 0.15) is 48.8 Å². The zero-order chi connectivity index (χ0) is 15.9. The molecule has 0 saturated heterocycles. The van der Waals surface area contributed by atoms with E-state index in [1.165, 1.54) is 5.56 Å². The second-order valence-electron chi connectivity index (χ2n) is 5.28. The molecular weight excluding hydrogens is 298 g/mol. The molecule has 2 heterocycles. The van der Waals surface area contributed by atoms with Crippen LogP contribution in [-0.2, 0) is 17.8 Å². The van der Waals surface area contributed by atoms with Crippen molar-refractivity contribution in [3.05, 3.63) is 39.8 Å². The maximum absolute atomic E-state index is 12.0. The summed E-state index contributed by atoms with van der Waals surface area (Å²) in [5, 5.41) is 11.0. The molecule has 0 aliphatic rings. The molecule has 5 nitrogen and oxygen atoms in total. The van der Waals surface area contributed by atoms with Crippen molar-refractivity contribution in [3.63, 3.8) is 0 Å². The number of aromatic amines is 1. The summed E-state index contributed by atoms with van der Waals surface area (Å²) < 4.78 is 5.07. The van der Waals surface area contributed by atoms with Gasteiger partial charge in [0, 0.05) is 24.7 Å². The quantitative estimate of drug-likeness (QED) is 0.757. The highest BCUT2D eigenvalue weighted by Gasteiger charge is 2.20. The zero-order valence-corrected chi connectivity index (χ0v) is 14.2. The van der Waals surface area contributed by atoms with E-state index in [9.17, 15) is 4.79 Å². The van der Waals surface area contributed by atoms with Gasteiger partial charge in [0.2, 0.25) is 0 Å². The normalized spacial score (nSPS) is 12.5. The molecule has 0 spiro atoms. The minimum absolute atomic E-state index is 0.338. The molecule has 0 aliphatic carbocycles. The maximum atomic E-state index is 12.0. The highest BCUT2D eigenvalue weighted by Crippen LogP contribution is 2.18. The molecule has 0 fully saturated rings. The molecule has 0 amide bonds. The van der Waals surface area contributed by atoms with E-state index < -0.39 is 0 Å². The number of carbonyl (C=O) groups is 1. The van der Waals surface area contributed by atoms with E-state index in [-0.39, 0.29) is 5.97 Å². The number of thiophene rings is 1. The topological polar surface area (TPSA) is 58.2 Å². The molecule has 22 heavy (non-hydrogen) atoms. The Morgan fingerprint density at radius 3 is 2.91 bits per heavy atom. The summed E-state index contributed by atoms with van der Waals surface area (Å²) in [5.74, 6) is -0.338. The van der Waals surface area contributed by atoms with Crippen LogP contribution in [0.2, 0.25) is 0 Å². The van der Waals surface area contributed by atoms with Crippen LogP contribution < -0.4 is 0 Å². The number of esters is 1. The Kier molecular flexibility index (Phi) is 6.15. The minimum atomic E-state index is -0.338. The van der Waals surface area contributed by atoms with E-state index in [0.29, 0.717) is 24.9 Å². The lowest BCUT2D eigenvalue weighted by molar-refractivity contribution is 0.0516. The molecule has 2 rings (SSSR count). The lowest BCUT2D eigenvalue weighted by Gasteiger charge is -2.28. The number of nitrogens with zero attached hydrogens (tertiary/aromatic N) is 2. The molecule has 1 atom stereocenters. The molecule has 6 heteroatoms. The number of carbonyl (C=O) groups excluding carboxylic acids is 1. The van der Waals surface area contributed by atoms with Gasteiger partial charge in [0.25, 0.3) is 0 Å². The smallest absolute Gasteiger partial charge is 0.356 e. The molecule has 120 valence electrons. The number of hydrogen-bond donors (Lipinski definition) is 1. The Morgan fingerprint density at radius 1 is 1.45 bits per heavy atom. The van der Waals surface area contributed by atoms with Crippen molar-refractivity contribution in [2.24, 2.45) is 0 Å². The fourth-order valence-corrected chi connectivity index (χ4v) is 2.93. The van der Waals surface area contributed by atoms with Gasteiger partial charge in [-0.1, -0.05) is 6.92 Å². The van der Waals surface area contributed by atoms with Crippen molar-refractivity contribution in [2.75, 3.05) is 6.61 Å². The van der Waals surface area contributed by atoms with Gasteiger partial charge < -0.3 is 4.74 Å². The standard InChI is InChI=1S/C16H23N3O2S/c1-4-12(3)19(9-13-6-7-22-11-13)10-14-8-17-18-15(14)16(20)21-5-2/h6-8,11-12H,4-5,9-10H2,1-3H3,(H,17,18). The van der Waals surface area contributed by atoms with E-state index in [0.717, 1.165) is 18.5 Å². The van der Waals surface area contributed by atoms with Crippen molar-refractivity contribution in [2.45, 2.75) is 46.3 Å². The first-order chi connectivity index (χ1) is 10.7. The third-order valence-electron chi connectivity index (χ3n) is 3.75. The first-order valence-corrected chi connectivity index (χ1v) is 8.54. The Morgan fingerprint density at radius 2 is 2.27 bits per heavy atom. The van der Waals surface area contributed by atoms with Crippen LogP contribution in [0.4, 0.5) is 0 Å². The van der Waals surface area contributed by atoms with Crippen LogP contribution in [0.25, 0.3) is 0 Å². The van der Waals surface area contributed by atoms with E-state index in [4.69, 9.17) is 4.74 Å². The van der Waals surface area contributed by atoms with E-state index in [2.05, 4.69) is 45.8 Å². The maximum Gasteiger partial charge on any atom is 0.356 e. The Balaban J connectivity index is 2.13. The Bertz CT molecular complexity index is 580. The second-order valence-corrected chi connectivity index (χ2v) is 6.06. The van der Waals surface area contributed by atoms with E-state index in [1.807, 2.05) is 0 Å². The van der Waals surface area contributed by atoms with Gasteiger partial charge in [0.05, 0.1) is 12.8 Å². The SMILES string of the molecule is CCOC(=O)c1[nH]ncc1CN(Cc1ccsc1)C(C)CC. The van der Waals surface area contributed by atoms with Crippen molar-refractivity contribution < 1.29 is 9.53 Å². The molecule has 0 aromatic carbocycles. The molecule has 0 aliphatic heterocycles. The number of nitrogens with one attached hydrogen (secondary N) is 1. The van der Waals surface area contributed by atoms with Crippen LogP contribution in [0.3, 0.4) is 0 Å². The second kappa shape index (κ2) is 8.10. The largest absolute Gasteiger partial charge is 0.461 e. The van der Waals surface area contributed by atoms with Crippen LogP contribution in [0, 0.1) is 0 Å². The average Bonchev–Trinajstić information content (AvgIpc) is 3.17. The fraction of sp³-hybridized carbons (Fsp3) is 0.500. The zero-order valence-electron chi connectivity index (χ0n) is 13.3. The van der Waals surface area contributed by atoms with Gasteiger partial charge >= 0.3 is 5.97 Å². The fourth-order valence-electron chi connectivity index (χ4n) is 2.27. The summed E-state index contributed by atoms with van der Waals surface area (Å²) in [7, 11) is 0. The lowest BCUT2D eigenvalue weighted by Crippen LogP contribution is -2.32. The minimum Gasteiger partial charge on any atom is -0.461 e. The number of aromatic nitrogens is 2. The van der Waals surface area contributed by atoms with Crippen LogP contribution in [0.15, 0.2) is 23.0 Å². The van der Waals surface area contributed by atoms with Gasteiger partial charge in [-0.2, -0.15) is 16.4 Å². The molecular formula is C16H23N3O2S. The van der Waals surface area contributed by atoms with E-state index >= 15 is 0 Å². The predicted octanol–water partition coefficient (Wildman–Crippen LogP) is 3.45. The van der Waals surface area contributed by atoms with E-state index in [1.54, 1.807) is 24.5 Å². The van der Waals surface area contributed by atoms with Crippen molar-refractivity contribution in [3.8, 4) is 0 Å². The summed E-state index contributed by atoms with van der Waals surface area (Å²) >= 11 is 1.70. The monoisotopic (exact) mass is 321 g/mol. The van der Waals surface area contributed by atoms with Crippen LogP contribution >= 0.6 is 11.3 Å². The molecule has 0 saturated carbocycles. The third-order valence-corrected chi connectivity index (χ3v) is 4.48. The average molecular weight is 321 g/mol. The Hall–Kier alpha value is -1.66. The number of H-pyrrole nitrogens is 1. The molecule has 1 unspecified atom stereocenters. The summed E-state index contributed by atoms with van der Waals surface area (Å²) in [4.78, 5) is 14.3. The summed E-state index contributed by atoms with van der Waals surface area (Å²) in [6, 6.07) is 2.56. The number of ether oxygens (including phenoxy) is 1. The third kappa shape index (κ3) is 4.18. The van der Waals surface area contributed by atoms with Crippen LogP contribution in [0.5, 0.6) is 0 Å². The van der Waals surface area contributed by atoms with Crippen molar-refractivity contribution >= 4 is 17.3 Å². The first-order valence-electron chi connectivity index (χ1n) is 7.60. The molecule has 2 aromatic heterocycles. The van der Waals surface area contributed by atoms with Crippen LogP contribution in [-0.4, -0.2) is 33.7 Å². The first kappa shape index (κ1) is 16.7. The summed E-state index contributed by atoms with van der Waals surface area (Å²) in [5.41, 5.74) is 2.64. The number of rotatable bonds is 8. The molecule has 0 bridgehead atoms. The summed E-state index contributed by atoms with van der Waals surface area (Å²) in [6.45, 7) is 8.09. The van der Waals surface area contributed by atoms with Crippen molar-refractivity contribution in [1.29, 1.82) is 0 Å². The van der Waals surface area contributed by atoms with Gasteiger partial charge in [-0.25, -0.2) is 4.79 Å². The van der Waals surface area contributed by atoms with Crippen molar-refractivity contribution in [1.82, 2.24) is 15.1 Å². The van der Waals surface area contributed by atoms with Gasteiger partial charge in [0.1, 0.15) is 5.69 Å². The molecule has 2 aromatic rings. The number of hydrogen-bond acceptors (Lipinski definition) is 5. The lowest BCUT2D eigenvalue weighted by atomic mass is 10.1. The highest BCUT2D eigenvalue weighted by atomic mass is 32.1. The highest BCUT2D eigenvalue weighted by molar-refractivity contribution is 7.07. The Labute approximate surface area is 135 Å². The van der Waals surface area contributed by atoms with Gasteiger partial charge in [0.15, 0.2) is 0 Å². The molecule has 1 N–H and O–H groups in total. The summed E-state index contributed by atoms with van der Waals surface area (Å²) in [6.07, 6.45) is 2.77.